The molecule has 0 spiro atoms. The highest BCUT2D eigenvalue weighted by Gasteiger charge is 2.07. The number of aryl methyl sites for hydroxylation is 2. The molecule has 0 fully saturated rings. The van der Waals surface area contributed by atoms with Crippen LogP contribution in [0, 0.1) is 0 Å². The van der Waals surface area contributed by atoms with Crippen molar-refractivity contribution in [3.05, 3.63) is 30.1 Å². The summed E-state index contributed by atoms with van der Waals surface area (Å²) in [5.41, 5.74) is 1.52. The smallest absolute Gasteiger partial charge is 0.181 e. The fraction of sp³-hybridized carbons (Fsp3) is 0.815. The van der Waals surface area contributed by atoms with E-state index in [0.717, 1.165) is 6.54 Å². The van der Waals surface area contributed by atoms with Gasteiger partial charge in [-0.25, -0.2) is 4.57 Å². The third kappa shape index (κ3) is 14.2. The highest BCUT2D eigenvalue weighted by molar-refractivity contribution is 4.97. The summed E-state index contributed by atoms with van der Waals surface area (Å²) in [6.45, 7) is 5.72. The van der Waals surface area contributed by atoms with Crippen molar-refractivity contribution in [3.63, 3.8) is 0 Å². The monoisotopic (exact) mass is 388 g/mol. The number of unbranched alkanes of at least 4 members (excludes halogenated alkanes) is 16. The van der Waals surface area contributed by atoms with Gasteiger partial charge in [0.1, 0.15) is 6.54 Å². The van der Waals surface area contributed by atoms with Crippen LogP contribution in [0.15, 0.2) is 24.4 Å². The van der Waals surface area contributed by atoms with Crippen LogP contribution in [0.4, 0.5) is 0 Å². The number of pyridine rings is 1. The van der Waals surface area contributed by atoms with Crippen LogP contribution >= 0.6 is 0 Å². The van der Waals surface area contributed by atoms with Crippen LogP contribution < -0.4 is 4.57 Å². The molecule has 1 nitrogen and oxygen atoms in total. The summed E-state index contributed by atoms with van der Waals surface area (Å²) in [5, 5.41) is 0. The van der Waals surface area contributed by atoms with Crippen molar-refractivity contribution in [2.24, 2.45) is 0 Å². The minimum Gasteiger partial charge on any atom is -0.202 e. The molecule has 0 aliphatic rings. The van der Waals surface area contributed by atoms with Gasteiger partial charge in [0.15, 0.2) is 11.9 Å². The lowest BCUT2D eigenvalue weighted by Crippen LogP contribution is -2.37. The summed E-state index contributed by atoms with van der Waals surface area (Å²) in [5.74, 6) is 0. The quantitative estimate of drug-likeness (QED) is 0.155. The lowest BCUT2D eigenvalue weighted by Gasteiger charge is -2.04. The van der Waals surface area contributed by atoms with E-state index in [1.54, 1.807) is 0 Å². The zero-order chi connectivity index (χ0) is 20.1. The van der Waals surface area contributed by atoms with Crippen LogP contribution in [-0.4, -0.2) is 0 Å². The fourth-order valence-corrected chi connectivity index (χ4v) is 4.23. The molecule has 0 aliphatic heterocycles. The Balaban J connectivity index is 1.81. The zero-order valence-corrected chi connectivity index (χ0v) is 19.4. The van der Waals surface area contributed by atoms with Crippen LogP contribution in [0.2, 0.25) is 0 Å². The molecule has 0 amide bonds. The van der Waals surface area contributed by atoms with Gasteiger partial charge in [0.25, 0.3) is 0 Å². The van der Waals surface area contributed by atoms with Gasteiger partial charge < -0.3 is 0 Å². The minimum atomic E-state index is 1.16. The lowest BCUT2D eigenvalue weighted by molar-refractivity contribution is -0.704. The third-order valence-electron chi connectivity index (χ3n) is 6.04. The van der Waals surface area contributed by atoms with E-state index < -0.39 is 0 Å². The predicted molar refractivity (Wildman–Crippen MR) is 125 cm³/mol. The van der Waals surface area contributed by atoms with Gasteiger partial charge in [-0.2, -0.15) is 0 Å². The maximum Gasteiger partial charge on any atom is 0.181 e. The molecule has 162 valence electrons. The summed E-state index contributed by atoms with van der Waals surface area (Å²) in [4.78, 5) is 0. The Morgan fingerprint density at radius 1 is 0.536 bits per heavy atom. The van der Waals surface area contributed by atoms with E-state index in [0.29, 0.717) is 0 Å². The van der Waals surface area contributed by atoms with Crippen LogP contribution in [0.25, 0.3) is 0 Å². The molecule has 28 heavy (non-hydrogen) atoms. The zero-order valence-electron chi connectivity index (χ0n) is 19.4. The normalized spacial score (nSPS) is 11.2. The lowest BCUT2D eigenvalue weighted by atomic mass is 10.0. The van der Waals surface area contributed by atoms with Crippen LogP contribution in [0.1, 0.15) is 135 Å². The van der Waals surface area contributed by atoms with Gasteiger partial charge in [-0.15, -0.1) is 0 Å². The molecule has 0 unspecified atom stereocenters. The Bertz CT molecular complexity index is 440. The Labute approximate surface area is 177 Å². The van der Waals surface area contributed by atoms with Gasteiger partial charge in [0.2, 0.25) is 0 Å². The van der Waals surface area contributed by atoms with Crippen LogP contribution in [0.5, 0.6) is 0 Å². The van der Waals surface area contributed by atoms with E-state index in [4.69, 9.17) is 0 Å². The molecular weight excluding hydrogens is 338 g/mol. The third-order valence-corrected chi connectivity index (χ3v) is 6.04. The average Bonchev–Trinajstić information content (AvgIpc) is 2.71. The Morgan fingerprint density at radius 3 is 1.46 bits per heavy atom. The summed E-state index contributed by atoms with van der Waals surface area (Å²) >= 11 is 0. The van der Waals surface area contributed by atoms with E-state index in [2.05, 4.69) is 42.8 Å². The molecule has 1 aromatic heterocycles. The Morgan fingerprint density at radius 2 is 1.00 bits per heavy atom. The average molecular weight is 389 g/mol. The van der Waals surface area contributed by atoms with Gasteiger partial charge in [-0.3, -0.25) is 0 Å². The van der Waals surface area contributed by atoms with Crippen LogP contribution in [0.3, 0.4) is 0 Å². The second kappa shape index (κ2) is 19.5. The van der Waals surface area contributed by atoms with Crippen molar-refractivity contribution in [2.75, 3.05) is 0 Å². The first-order chi connectivity index (χ1) is 13.9. The standard InChI is InChI=1S/C27H50N/c1-3-5-6-7-8-9-10-11-12-13-14-15-16-17-18-19-20-23-27-24-21-22-26-28(27)25-4-2/h21-22,24,26H,3-20,23,25H2,1-2H3/q+1. The number of rotatable bonds is 20. The molecule has 0 saturated heterocycles. The number of hydrogen-bond donors (Lipinski definition) is 0. The molecule has 0 aromatic carbocycles. The maximum atomic E-state index is 2.44. The van der Waals surface area contributed by atoms with E-state index in [-0.39, 0.29) is 0 Å². The minimum absolute atomic E-state index is 1.16. The summed E-state index contributed by atoms with van der Waals surface area (Å²) in [6, 6.07) is 6.66. The molecule has 0 bridgehead atoms. The van der Waals surface area contributed by atoms with E-state index in [9.17, 15) is 0 Å². The number of nitrogens with zero attached hydrogens (tertiary/aromatic N) is 1. The first kappa shape index (κ1) is 25.2. The van der Waals surface area contributed by atoms with Crippen molar-refractivity contribution in [3.8, 4) is 0 Å². The molecular formula is C27H50N+. The molecule has 0 radical (unpaired) electrons. The Kier molecular flexibility index (Phi) is 17.5. The predicted octanol–water partition coefficient (Wildman–Crippen LogP) is 8.58. The van der Waals surface area contributed by atoms with Crippen molar-refractivity contribution in [1.29, 1.82) is 0 Å². The first-order valence-corrected chi connectivity index (χ1v) is 12.9. The van der Waals surface area contributed by atoms with Gasteiger partial charge >= 0.3 is 0 Å². The molecule has 0 aliphatic carbocycles. The topological polar surface area (TPSA) is 3.88 Å². The molecule has 1 heteroatoms. The second-order valence-corrected chi connectivity index (χ2v) is 8.79. The fourth-order valence-electron chi connectivity index (χ4n) is 4.23. The van der Waals surface area contributed by atoms with Gasteiger partial charge in [-0.1, -0.05) is 123 Å². The van der Waals surface area contributed by atoms with Gasteiger partial charge in [0.05, 0.1) is 0 Å². The maximum absolute atomic E-state index is 2.44. The number of aromatic nitrogens is 1. The Hall–Kier alpha value is -0.850. The highest BCUT2D eigenvalue weighted by atomic mass is 14.9. The van der Waals surface area contributed by atoms with Crippen molar-refractivity contribution in [2.45, 2.75) is 142 Å². The van der Waals surface area contributed by atoms with E-state index in [1.807, 2.05) is 0 Å². The highest BCUT2D eigenvalue weighted by Crippen LogP contribution is 2.14. The van der Waals surface area contributed by atoms with Crippen molar-refractivity contribution < 1.29 is 4.57 Å². The summed E-state index contributed by atoms with van der Waals surface area (Å²) in [7, 11) is 0. The number of hydrogen-bond acceptors (Lipinski definition) is 0. The van der Waals surface area contributed by atoms with Gasteiger partial charge in [-0.05, 0) is 6.42 Å². The summed E-state index contributed by atoms with van der Waals surface area (Å²) in [6.07, 6.45) is 29.3. The molecule has 0 saturated carbocycles. The molecule has 0 N–H and O–H groups in total. The second-order valence-electron chi connectivity index (χ2n) is 8.79. The van der Waals surface area contributed by atoms with Gasteiger partial charge in [0, 0.05) is 25.0 Å². The largest absolute Gasteiger partial charge is 0.202 e. The van der Waals surface area contributed by atoms with E-state index in [1.165, 1.54) is 128 Å². The van der Waals surface area contributed by atoms with Crippen molar-refractivity contribution >= 4 is 0 Å². The molecule has 0 atom stereocenters. The summed E-state index contributed by atoms with van der Waals surface area (Å²) < 4.78 is 2.44. The van der Waals surface area contributed by atoms with Crippen molar-refractivity contribution in [1.82, 2.24) is 0 Å². The van der Waals surface area contributed by atoms with Crippen LogP contribution in [-0.2, 0) is 13.0 Å². The molecule has 1 aromatic rings. The SMILES string of the molecule is CCCCCCCCCCCCCCCCCCCc1cccc[n+]1CCC. The van der Waals surface area contributed by atoms with E-state index >= 15 is 0 Å². The first-order valence-electron chi connectivity index (χ1n) is 12.9. The molecule has 1 rings (SSSR count). The molecule has 1 heterocycles.